The topological polar surface area (TPSA) is 72.9 Å². The maximum atomic E-state index is 12.5. The summed E-state index contributed by atoms with van der Waals surface area (Å²) in [5, 5.41) is 0. The van der Waals surface area contributed by atoms with E-state index in [1.165, 1.54) is 0 Å². The van der Waals surface area contributed by atoms with Crippen LogP contribution >= 0.6 is 0 Å². The zero-order valence-electron chi connectivity index (χ0n) is 16.0. The van der Waals surface area contributed by atoms with Gasteiger partial charge in [-0.3, -0.25) is 14.4 Å². The van der Waals surface area contributed by atoms with Crippen LogP contribution in [0.5, 0.6) is 5.75 Å². The van der Waals surface area contributed by atoms with Crippen molar-refractivity contribution in [2.45, 2.75) is 26.4 Å². The number of ketones is 1. The number of hydrogen-bond acceptors (Lipinski definition) is 5. The first kappa shape index (κ1) is 19.6. The number of ether oxygens (including phenoxy) is 2. The van der Waals surface area contributed by atoms with E-state index >= 15 is 0 Å². The molecule has 3 rings (SSSR count). The second-order valence-corrected chi connectivity index (χ2v) is 6.62. The molecule has 6 heteroatoms. The van der Waals surface area contributed by atoms with Gasteiger partial charge in [0.2, 0.25) is 11.7 Å². The Bertz CT molecular complexity index is 864. The van der Waals surface area contributed by atoms with Gasteiger partial charge >= 0.3 is 5.97 Å². The maximum absolute atomic E-state index is 12.5. The molecule has 1 saturated heterocycles. The molecule has 28 heavy (non-hydrogen) atoms. The van der Waals surface area contributed by atoms with E-state index in [0.29, 0.717) is 23.6 Å². The molecule has 1 aliphatic rings. The van der Waals surface area contributed by atoms with E-state index < -0.39 is 18.0 Å². The molecule has 1 fully saturated rings. The van der Waals surface area contributed by atoms with Crippen molar-refractivity contribution < 1.29 is 23.9 Å². The van der Waals surface area contributed by atoms with Crippen LogP contribution < -0.4 is 9.64 Å². The van der Waals surface area contributed by atoms with E-state index in [2.05, 4.69) is 0 Å². The van der Waals surface area contributed by atoms with Crippen LogP contribution in [0, 0.1) is 5.92 Å². The van der Waals surface area contributed by atoms with Gasteiger partial charge in [-0.25, -0.2) is 0 Å². The second-order valence-electron chi connectivity index (χ2n) is 6.62. The zero-order valence-corrected chi connectivity index (χ0v) is 16.0. The fourth-order valence-electron chi connectivity index (χ4n) is 3.22. The highest BCUT2D eigenvalue weighted by molar-refractivity contribution is 6.02. The number of benzene rings is 2. The van der Waals surface area contributed by atoms with Gasteiger partial charge in [0.1, 0.15) is 5.75 Å². The summed E-state index contributed by atoms with van der Waals surface area (Å²) in [7, 11) is 0. The third-order valence-corrected chi connectivity index (χ3v) is 4.63. The molecule has 1 heterocycles. The average molecular weight is 381 g/mol. The van der Waals surface area contributed by atoms with E-state index in [-0.39, 0.29) is 24.7 Å². The Kier molecular flexibility index (Phi) is 6.09. The molecule has 0 bridgehead atoms. The number of carbonyl (C=O) groups is 3. The predicted octanol–water partition coefficient (Wildman–Crippen LogP) is 3.25. The quantitative estimate of drug-likeness (QED) is 0.544. The van der Waals surface area contributed by atoms with Gasteiger partial charge in [0.05, 0.1) is 18.2 Å². The Hall–Kier alpha value is -3.15. The molecule has 2 atom stereocenters. The summed E-state index contributed by atoms with van der Waals surface area (Å²) in [4.78, 5) is 39.0. The van der Waals surface area contributed by atoms with E-state index in [9.17, 15) is 14.4 Å². The Labute approximate surface area is 164 Å². The first-order chi connectivity index (χ1) is 13.5. The summed E-state index contributed by atoms with van der Waals surface area (Å²) in [6.07, 6.45) is -0.860. The number of amides is 1. The molecular weight excluding hydrogens is 358 g/mol. The van der Waals surface area contributed by atoms with Crippen LogP contribution in [-0.4, -0.2) is 36.9 Å². The largest absolute Gasteiger partial charge is 0.492 e. The normalized spacial score (nSPS) is 17.3. The fourth-order valence-corrected chi connectivity index (χ4v) is 3.22. The lowest BCUT2D eigenvalue weighted by Gasteiger charge is -2.20. The van der Waals surface area contributed by atoms with Crippen LogP contribution in [0.15, 0.2) is 54.6 Å². The third kappa shape index (κ3) is 4.22. The van der Waals surface area contributed by atoms with Crippen molar-refractivity contribution in [2.75, 3.05) is 18.1 Å². The number of esters is 1. The number of para-hydroxylation sites is 2. The standard InChI is InChI=1S/C22H23NO5/c1-3-27-19-12-8-7-11-18(19)23-14-17(13-20(23)24)22(26)28-15(2)21(25)16-9-5-4-6-10-16/h4-12,15,17H,3,13-14H2,1-2H3/t15-,17-/m0/s1. The van der Waals surface area contributed by atoms with Gasteiger partial charge < -0.3 is 14.4 Å². The van der Waals surface area contributed by atoms with Gasteiger partial charge in [0.25, 0.3) is 0 Å². The zero-order chi connectivity index (χ0) is 20.1. The molecule has 0 unspecified atom stereocenters. The van der Waals surface area contributed by atoms with Gasteiger partial charge in [0.15, 0.2) is 6.10 Å². The van der Waals surface area contributed by atoms with E-state index in [1.807, 2.05) is 25.1 Å². The van der Waals surface area contributed by atoms with Crippen molar-refractivity contribution in [3.05, 3.63) is 60.2 Å². The number of Topliss-reactive ketones (excluding diaryl/α,β-unsaturated/α-hetero) is 1. The van der Waals surface area contributed by atoms with Gasteiger partial charge in [-0.1, -0.05) is 42.5 Å². The highest BCUT2D eigenvalue weighted by Crippen LogP contribution is 2.33. The van der Waals surface area contributed by atoms with Gasteiger partial charge in [-0.2, -0.15) is 0 Å². The molecular formula is C22H23NO5. The van der Waals surface area contributed by atoms with Gasteiger partial charge in [0, 0.05) is 18.5 Å². The number of rotatable bonds is 7. The van der Waals surface area contributed by atoms with Crippen LogP contribution in [-0.2, 0) is 14.3 Å². The lowest BCUT2D eigenvalue weighted by atomic mass is 10.1. The predicted molar refractivity (Wildman–Crippen MR) is 104 cm³/mol. The fraction of sp³-hybridized carbons (Fsp3) is 0.318. The van der Waals surface area contributed by atoms with Crippen molar-refractivity contribution in [3.63, 3.8) is 0 Å². The van der Waals surface area contributed by atoms with E-state index in [0.717, 1.165) is 0 Å². The Morgan fingerprint density at radius 3 is 2.50 bits per heavy atom. The second kappa shape index (κ2) is 8.69. The van der Waals surface area contributed by atoms with Crippen LogP contribution in [0.4, 0.5) is 5.69 Å². The highest BCUT2D eigenvalue weighted by atomic mass is 16.5. The molecule has 1 amide bonds. The monoisotopic (exact) mass is 381 g/mol. The van der Waals surface area contributed by atoms with Gasteiger partial charge in [-0.15, -0.1) is 0 Å². The smallest absolute Gasteiger partial charge is 0.312 e. The van der Waals surface area contributed by atoms with E-state index in [4.69, 9.17) is 9.47 Å². The lowest BCUT2D eigenvalue weighted by molar-refractivity contribution is -0.151. The lowest BCUT2D eigenvalue weighted by Crippen LogP contribution is -2.30. The molecule has 0 radical (unpaired) electrons. The Morgan fingerprint density at radius 1 is 1.11 bits per heavy atom. The van der Waals surface area contributed by atoms with Crippen LogP contribution in [0.2, 0.25) is 0 Å². The highest BCUT2D eigenvalue weighted by Gasteiger charge is 2.38. The number of hydrogen-bond donors (Lipinski definition) is 0. The Balaban J connectivity index is 1.66. The average Bonchev–Trinajstić information content (AvgIpc) is 3.10. The molecule has 0 aromatic heterocycles. The van der Waals surface area contributed by atoms with Crippen LogP contribution in [0.3, 0.4) is 0 Å². The van der Waals surface area contributed by atoms with Gasteiger partial charge in [-0.05, 0) is 26.0 Å². The summed E-state index contributed by atoms with van der Waals surface area (Å²) in [5.74, 6) is -0.998. The molecule has 0 N–H and O–H groups in total. The van der Waals surface area contributed by atoms with Crippen molar-refractivity contribution in [1.82, 2.24) is 0 Å². The molecule has 0 aliphatic carbocycles. The minimum atomic E-state index is -0.908. The molecule has 146 valence electrons. The first-order valence-electron chi connectivity index (χ1n) is 9.33. The van der Waals surface area contributed by atoms with Crippen molar-refractivity contribution in [2.24, 2.45) is 5.92 Å². The first-order valence-corrected chi connectivity index (χ1v) is 9.33. The number of nitrogens with zero attached hydrogens (tertiary/aromatic N) is 1. The summed E-state index contributed by atoms with van der Waals surface area (Å²) in [6, 6.07) is 15.9. The molecule has 2 aromatic rings. The number of anilines is 1. The summed E-state index contributed by atoms with van der Waals surface area (Å²) >= 11 is 0. The molecule has 6 nitrogen and oxygen atoms in total. The summed E-state index contributed by atoms with van der Waals surface area (Å²) < 4.78 is 10.9. The third-order valence-electron chi connectivity index (χ3n) is 4.63. The molecule has 2 aromatic carbocycles. The molecule has 0 spiro atoms. The van der Waals surface area contributed by atoms with Crippen molar-refractivity contribution >= 4 is 23.3 Å². The molecule has 0 saturated carbocycles. The summed E-state index contributed by atoms with van der Waals surface area (Å²) in [5.41, 5.74) is 1.12. The Morgan fingerprint density at radius 2 is 1.79 bits per heavy atom. The van der Waals surface area contributed by atoms with Crippen molar-refractivity contribution in [1.29, 1.82) is 0 Å². The minimum absolute atomic E-state index is 0.0472. The maximum Gasteiger partial charge on any atom is 0.312 e. The number of carbonyl (C=O) groups excluding carboxylic acids is 3. The minimum Gasteiger partial charge on any atom is -0.492 e. The van der Waals surface area contributed by atoms with Crippen LogP contribution in [0.1, 0.15) is 30.6 Å². The van der Waals surface area contributed by atoms with E-state index in [1.54, 1.807) is 48.2 Å². The van der Waals surface area contributed by atoms with Crippen LogP contribution in [0.25, 0.3) is 0 Å². The summed E-state index contributed by atoms with van der Waals surface area (Å²) in [6.45, 7) is 4.09. The SMILES string of the molecule is CCOc1ccccc1N1C[C@@H](C(=O)O[C@@H](C)C(=O)c2ccccc2)CC1=O. The van der Waals surface area contributed by atoms with Crippen molar-refractivity contribution in [3.8, 4) is 5.75 Å². The molecule has 1 aliphatic heterocycles.